The summed E-state index contributed by atoms with van der Waals surface area (Å²) in [6, 6.07) is 25.3. The van der Waals surface area contributed by atoms with Crippen LogP contribution >= 0.6 is 0 Å². The summed E-state index contributed by atoms with van der Waals surface area (Å²) in [6.45, 7) is 5.11. The van der Waals surface area contributed by atoms with E-state index in [-0.39, 0.29) is 41.3 Å². The summed E-state index contributed by atoms with van der Waals surface area (Å²) in [7, 11) is 0. The van der Waals surface area contributed by atoms with Crippen LogP contribution < -0.4 is 16.0 Å². The highest BCUT2D eigenvalue weighted by molar-refractivity contribution is 5.99. The third-order valence-corrected chi connectivity index (χ3v) is 13.6. The van der Waals surface area contributed by atoms with E-state index in [1.807, 2.05) is 24.3 Å². The number of anilines is 3. The number of nitrogens with one attached hydrogen (secondary N) is 3. The Kier molecular flexibility index (Phi) is 13.8. The van der Waals surface area contributed by atoms with Crippen LogP contribution in [0.15, 0.2) is 103 Å². The molecule has 2 aliphatic heterocycles. The maximum Gasteiger partial charge on any atom is 0.416 e. The van der Waals surface area contributed by atoms with Gasteiger partial charge in [0.15, 0.2) is 0 Å². The van der Waals surface area contributed by atoms with Crippen molar-refractivity contribution in [1.82, 2.24) is 9.80 Å². The van der Waals surface area contributed by atoms with Gasteiger partial charge in [-0.05, 0) is 136 Å². The van der Waals surface area contributed by atoms with E-state index in [0.29, 0.717) is 54.2 Å². The number of hydrogen-bond donors (Lipinski definition) is 3. The zero-order valence-electron chi connectivity index (χ0n) is 37.7. The first-order valence-electron chi connectivity index (χ1n) is 23.0. The molecule has 2 heterocycles. The van der Waals surface area contributed by atoms with Crippen LogP contribution in [0.4, 0.5) is 39.0 Å². The van der Waals surface area contributed by atoms with Gasteiger partial charge >= 0.3 is 6.18 Å². The summed E-state index contributed by atoms with van der Waals surface area (Å²) < 4.78 is 72.2. The van der Waals surface area contributed by atoms with Crippen LogP contribution in [0.2, 0.25) is 0 Å². The Bertz CT molecular complexity index is 2610. The van der Waals surface area contributed by atoms with E-state index in [4.69, 9.17) is 0 Å². The van der Waals surface area contributed by atoms with Crippen LogP contribution in [0.25, 0.3) is 0 Å². The van der Waals surface area contributed by atoms with Gasteiger partial charge < -0.3 is 25.8 Å². The first-order valence-corrected chi connectivity index (χ1v) is 23.0. The van der Waals surface area contributed by atoms with Crippen molar-refractivity contribution in [1.29, 1.82) is 0 Å². The average Bonchev–Trinajstić information content (AvgIpc) is 3.82. The third kappa shape index (κ3) is 10.1. The van der Waals surface area contributed by atoms with Crippen molar-refractivity contribution in [3.63, 3.8) is 0 Å². The van der Waals surface area contributed by atoms with Crippen molar-refractivity contribution in [2.75, 3.05) is 29.0 Å². The molecule has 14 heteroatoms. The van der Waals surface area contributed by atoms with Crippen LogP contribution in [-0.4, -0.2) is 52.6 Å². The van der Waals surface area contributed by atoms with E-state index in [2.05, 4.69) is 16.0 Å². The molecule has 0 radical (unpaired) electrons. The van der Waals surface area contributed by atoms with Crippen molar-refractivity contribution < 1.29 is 41.1 Å². The van der Waals surface area contributed by atoms with Crippen molar-refractivity contribution in [3.8, 4) is 0 Å². The number of hydrogen-bond acceptors (Lipinski definition) is 5. The van der Waals surface area contributed by atoms with Crippen LogP contribution in [-0.2, 0) is 15.8 Å². The first kappa shape index (κ1) is 46.9. The standard InChI is InChI=1S/C53H54F5N5O4/c1-31-18-23-39(30-42(31)53(56,57)58)61-50(65)41-15-9-29-63(52(67)46-33(3)11-7-17-44(46)55)48(41)35-21-26-38(27-22-35)60-49(64)40-14-8-28-62(51(66)45-32(2)10-6-16-43(45)54)47(40)34-19-24-37(25-20-34)59-36-12-4-5-13-36/h6-7,10-11,16-27,30,36,40-41,47-48,59H,4-5,8-9,12-15,28-29H2,1-3H3,(H,60,64)(H,61,65)/t40-,41-,47-,48-/m0/s1. The number of nitrogens with zero attached hydrogens (tertiary/aromatic N) is 2. The number of benzene rings is 5. The molecule has 5 aromatic carbocycles. The molecule has 2 saturated heterocycles. The second-order valence-corrected chi connectivity index (χ2v) is 18.1. The summed E-state index contributed by atoms with van der Waals surface area (Å²) in [5.74, 6) is -5.18. The zero-order chi connectivity index (χ0) is 47.6. The number of amides is 4. The third-order valence-electron chi connectivity index (χ3n) is 13.6. The number of rotatable bonds is 10. The minimum atomic E-state index is -4.65. The molecule has 9 nitrogen and oxygen atoms in total. The molecular formula is C53H54F5N5O4. The number of aryl methyl sites for hydroxylation is 3. The number of carbonyl (C=O) groups excluding carboxylic acids is 4. The molecular weight excluding hydrogens is 866 g/mol. The monoisotopic (exact) mass is 919 g/mol. The molecule has 0 spiro atoms. The zero-order valence-corrected chi connectivity index (χ0v) is 37.7. The molecule has 4 amide bonds. The second-order valence-electron chi connectivity index (χ2n) is 18.1. The van der Waals surface area contributed by atoms with Gasteiger partial charge in [0, 0.05) is 36.2 Å². The molecule has 3 aliphatic rings. The van der Waals surface area contributed by atoms with Gasteiger partial charge in [0.25, 0.3) is 11.8 Å². The topological polar surface area (TPSA) is 111 Å². The summed E-state index contributed by atoms with van der Waals surface area (Å²) in [5.41, 5.74) is 2.27. The largest absolute Gasteiger partial charge is 0.416 e. The van der Waals surface area contributed by atoms with Gasteiger partial charge in [-0.1, -0.05) is 67.4 Å². The van der Waals surface area contributed by atoms with Crippen molar-refractivity contribution in [2.24, 2.45) is 11.8 Å². The Morgan fingerprint density at radius 1 is 0.537 bits per heavy atom. The van der Waals surface area contributed by atoms with Crippen LogP contribution in [0.1, 0.15) is 118 Å². The fourth-order valence-corrected chi connectivity index (χ4v) is 10.2. The van der Waals surface area contributed by atoms with Crippen LogP contribution in [0, 0.1) is 44.2 Å². The summed E-state index contributed by atoms with van der Waals surface area (Å²) in [4.78, 5) is 60.3. The second kappa shape index (κ2) is 19.7. The molecule has 5 aromatic rings. The molecule has 4 atom stereocenters. The molecule has 1 saturated carbocycles. The highest BCUT2D eigenvalue weighted by Crippen LogP contribution is 2.42. The van der Waals surface area contributed by atoms with Crippen molar-refractivity contribution >= 4 is 40.7 Å². The average molecular weight is 920 g/mol. The quantitative estimate of drug-likeness (QED) is 0.121. The van der Waals surface area contributed by atoms with Gasteiger partial charge in [-0.2, -0.15) is 13.2 Å². The molecule has 0 aromatic heterocycles. The summed E-state index contributed by atoms with van der Waals surface area (Å²) in [6.07, 6.45) is 1.42. The highest BCUT2D eigenvalue weighted by Gasteiger charge is 2.43. The van der Waals surface area contributed by atoms with E-state index in [9.17, 15) is 32.3 Å². The molecule has 1 aliphatic carbocycles. The van der Waals surface area contributed by atoms with Crippen LogP contribution in [0.3, 0.4) is 0 Å². The van der Waals surface area contributed by atoms with Crippen molar-refractivity contribution in [2.45, 2.75) is 96.4 Å². The molecule has 3 N–H and O–H groups in total. The van der Waals surface area contributed by atoms with Gasteiger partial charge in [0.05, 0.1) is 40.6 Å². The maximum absolute atomic E-state index is 15.3. The number of alkyl halides is 3. The first-order chi connectivity index (χ1) is 32.1. The van der Waals surface area contributed by atoms with E-state index < -0.39 is 65.0 Å². The molecule has 8 rings (SSSR count). The number of likely N-dealkylation sites (tertiary alicyclic amines) is 2. The molecule has 350 valence electrons. The lowest BCUT2D eigenvalue weighted by Crippen LogP contribution is -2.47. The Balaban J connectivity index is 1.09. The molecule has 0 unspecified atom stereocenters. The fraction of sp³-hybridized carbons (Fsp3) is 0.358. The summed E-state index contributed by atoms with van der Waals surface area (Å²) in [5, 5.41) is 9.26. The molecule has 0 bridgehead atoms. The van der Waals surface area contributed by atoms with Gasteiger partial charge in [0.2, 0.25) is 11.8 Å². The fourth-order valence-electron chi connectivity index (χ4n) is 10.2. The SMILES string of the molecule is Cc1ccc(NC(=O)[C@H]2CCCN(C(=O)c3c(C)cccc3F)[C@H]2c2ccc(NC(=O)[C@H]3CCCN(C(=O)c4c(C)cccc4F)[C@H]3c3ccc(NC4CCCC4)cc3)cc2)cc1C(F)(F)F. The molecule has 67 heavy (non-hydrogen) atoms. The smallest absolute Gasteiger partial charge is 0.382 e. The van der Waals surface area contributed by atoms with E-state index in [0.717, 1.165) is 30.2 Å². The van der Waals surface area contributed by atoms with E-state index in [1.165, 1.54) is 55.0 Å². The van der Waals surface area contributed by atoms with Gasteiger partial charge in [-0.25, -0.2) is 8.78 Å². The Hall–Kier alpha value is -6.57. The number of carbonyl (C=O) groups is 4. The number of piperidine rings is 2. The van der Waals surface area contributed by atoms with Crippen LogP contribution in [0.5, 0.6) is 0 Å². The van der Waals surface area contributed by atoms with Gasteiger partial charge in [0.1, 0.15) is 11.6 Å². The summed E-state index contributed by atoms with van der Waals surface area (Å²) >= 11 is 0. The van der Waals surface area contributed by atoms with E-state index in [1.54, 1.807) is 61.2 Å². The van der Waals surface area contributed by atoms with Gasteiger partial charge in [-0.3, -0.25) is 19.2 Å². The lowest BCUT2D eigenvalue weighted by Gasteiger charge is -2.41. The maximum atomic E-state index is 15.3. The van der Waals surface area contributed by atoms with Crippen molar-refractivity contribution in [3.05, 3.63) is 159 Å². The predicted molar refractivity (Wildman–Crippen MR) is 247 cm³/mol. The van der Waals surface area contributed by atoms with E-state index >= 15 is 8.78 Å². The Morgan fingerprint density at radius 2 is 0.985 bits per heavy atom. The number of halogens is 5. The normalized spacial score (nSPS) is 20.1. The molecule has 3 fully saturated rings. The predicted octanol–water partition coefficient (Wildman–Crippen LogP) is 11.7. The lowest BCUT2D eigenvalue weighted by molar-refractivity contribution is -0.138. The highest BCUT2D eigenvalue weighted by atomic mass is 19.4. The van der Waals surface area contributed by atoms with Gasteiger partial charge in [-0.15, -0.1) is 0 Å². The lowest BCUT2D eigenvalue weighted by atomic mass is 9.82. The Labute approximate surface area is 387 Å². The Morgan fingerprint density at radius 3 is 1.45 bits per heavy atom. The minimum Gasteiger partial charge on any atom is -0.382 e. The minimum absolute atomic E-state index is 0.00583.